The number of aryl methyl sites for hydroxylation is 1. The van der Waals surface area contributed by atoms with Crippen molar-refractivity contribution < 1.29 is 4.79 Å². The average molecular weight is 278 g/mol. The van der Waals surface area contributed by atoms with Crippen molar-refractivity contribution in [3.63, 3.8) is 0 Å². The monoisotopic (exact) mass is 278 g/mol. The summed E-state index contributed by atoms with van der Waals surface area (Å²) < 4.78 is 1.90. The molecule has 1 aliphatic carbocycles. The number of rotatable bonds is 4. The Kier molecular flexibility index (Phi) is 4.48. The van der Waals surface area contributed by atoms with Gasteiger partial charge in [0.1, 0.15) is 5.69 Å². The van der Waals surface area contributed by atoms with Crippen molar-refractivity contribution in [2.45, 2.75) is 58.2 Å². The van der Waals surface area contributed by atoms with Crippen molar-refractivity contribution in [1.82, 2.24) is 20.0 Å². The van der Waals surface area contributed by atoms with E-state index in [9.17, 15) is 4.79 Å². The highest BCUT2D eigenvalue weighted by molar-refractivity contribution is 5.92. The average Bonchev–Trinajstić information content (AvgIpc) is 2.95. The van der Waals surface area contributed by atoms with Gasteiger partial charge in [0, 0.05) is 23.8 Å². The molecule has 5 heteroatoms. The first kappa shape index (κ1) is 15.0. The molecule has 1 saturated carbocycles. The minimum Gasteiger partial charge on any atom is -0.348 e. The molecule has 0 unspecified atom stereocenters. The number of amides is 1. The molecule has 0 radical (unpaired) electrons. The number of carbonyl (C=O) groups excluding carboxylic acids is 1. The van der Waals surface area contributed by atoms with E-state index in [1.807, 2.05) is 17.7 Å². The molecule has 112 valence electrons. The molecule has 5 nitrogen and oxygen atoms in total. The van der Waals surface area contributed by atoms with Crippen molar-refractivity contribution in [2.75, 3.05) is 14.1 Å². The van der Waals surface area contributed by atoms with E-state index in [1.165, 1.54) is 0 Å². The van der Waals surface area contributed by atoms with Crippen LogP contribution in [0.1, 0.15) is 55.3 Å². The van der Waals surface area contributed by atoms with Crippen LogP contribution < -0.4 is 5.32 Å². The van der Waals surface area contributed by atoms with Crippen LogP contribution in [0.3, 0.4) is 0 Å². The Morgan fingerprint density at radius 3 is 2.65 bits per heavy atom. The van der Waals surface area contributed by atoms with Gasteiger partial charge in [-0.3, -0.25) is 9.48 Å². The molecule has 0 saturated heterocycles. The maximum atomic E-state index is 12.3. The van der Waals surface area contributed by atoms with E-state index in [-0.39, 0.29) is 18.0 Å². The Balaban J connectivity index is 1.97. The first-order valence-electron chi connectivity index (χ1n) is 7.42. The highest BCUT2D eigenvalue weighted by atomic mass is 16.2. The van der Waals surface area contributed by atoms with Crippen molar-refractivity contribution in [2.24, 2.45) is 0 Å². The minimum atomic E-state index is -0.0445. The van der Waals surface area contributed by atoms with Gasteiger partial charge in [0.15, 0.2) is 0 Å². The highest BCUT2D eigenvalue weighted by Gasteiger charge is 2.28. The lowest BCUT2D eigenvalue weighted by atomic mass is 10.2. The van der Waals surface area contributed by atoms with Crippen LogP contribution in [0.4, 0.5) is 0 Å². The summed E-state index contributed by atoms with van der Waals surface area (Å²) in [6.07, 6.45) is 3.23. The molecule has 1 heterocycles. The fraction of sp³-hybridized carbons (Fsp3) is 0.733. The van der Waals surface area contributed by atoms with E-state index < -0.39 is 0 Å². The molecule has 1 N–H and O–H groups in total. The van der Waals surface area contributed by atoms with E-state index in [4.69, 9.17) is 0 Å². The van der Waals surface area contributed by atoms with Gasteiger partial charge in [-0.15, -0.1) is 0 Å². The SMILES string of the molecule is Cc1cc(C(=O)N[C@@H]2CC[C@H](N(C)C)C2)nn1C(C)C. The van der Waals surface area contributed by atoms with Gasteiger partial charge in [-0.05, 0) is 60.2 Å². The summed E-state index contributed by atoms with van der Waals surface area (Å²) in [5.74, 6) is -0.0445. The van der Waals surface area contributed by atoms with Crippen LogP contribution >= 0.6 is 0 Å². The molecule has 0 aromatic carbocycles. The zero-order valence-corrected chi connectivity index (χ0v) is 13.2. The van der Waals surface area contributed by atoms with Crippen LogP contribution in [-0.2, 0) is 0 Å². The summed E-state index contributed by atoms with van der Waals surface area (Å²) >= 11 is 0. The first-order chi connectivity index (χ1) is 9.38. The quantitative estimate of drug-likeness (QED) is 0.916. The third-order valence-corrected chi connectivity index (χ3v) is 4.11. The second-order valence-electron chi connectivity index (χ2n) is 6.31. The zero-order valence-electron chi connectivity index (χ0n) is 13.2. The van der Waals surface area contributed by atoms with Crippen LogP contribution in [0.25, 0.3) is 0 Å². The second-order valence-corrected chi connectivity index (χ2v) is 6.31. The van der Waals surface area contributed by atoms with E-state index in [2.05, 4.69) is 43.3 Å². The van der Waals surface area contributed by atoms with Crippen LogP contribution in [-0.4, -0.2) is 46.8 Å². The molecule has 0 spiro atoms. The summed E-state index contributed by atoms with van der Waals surface area (Å²) in [4.78, 5) is 14.5. The number of hydrogen-bond donors (Lipinski definition) is 1. The predicted octanol–water partition coefficient (Wildman–Crippen LogP) is 1.98. The summed E-state index contributed by atoms with van der Waals surface area (Å²) in [5.41, 5.74) is 1.56. The van der Waals surface area contributed by atoms with Crippen molar-refractivity contribution in [3.05, 3.63) is 17.5 Å². The van der Waals surface area contributed by atoms with Crippen molar-refractivity contribution >= 4 is 5.91 Å². The van der Waals surface area contributed by atoms with Gasteiger partial charge in [0.25, 0.3) is 5.91 Å². The van der Waals surface area contributed by atoms with Crippen molar-refractivity contribution in [1.29, 1.82) is 0 Å². The summed E-state index contributed by atoms with van der Waals surface area (Å²) in [6, 6.07) is 3.00. The third kappa shape index (κ3) is 3.20. The lowest BCUT2D eigenvalue weighted by Crippen LogP contribution is -2.35. The number of aromatic nitrogens is 2. The van der Waals surface area contributed by atoms with Gasteiger partial charge in [-0.25, -0.2) is 0 Å². The van der Waals surface area contributed by atoms with Gasteiger partial charge >= 0.3 is 0 Å². The molecule has 1 aromatic rings. The zero-order chi connectivity index (χ0) is 14.9. The smallest absolute Gasteiger partial charge is 0.272 e. The normalized spacial score (nSPS) is 22.8. The molecule has 0 bridgehead atoms. The van der Waals surface area contributed by atoms with Crippen LogP contribution in [0.2, 0.25) is 0 Å². The topological polar surface area (TPSA) is 50.2 Å². The van der Waals surface area contributed by atoms with E-state index in [0.29, 0.717) is 11.7 Å². The van der Waals surface area contributed by atoms with Gasteiger partial charge in [-0.1, -0.05) is 0 Å². The Labute approximate surface area is 121 Å². The molecule has 1 aliphatic rings. The number of hydrogen-bond acceptors (Lipinski definition) is 3. The van der Waals surface area contributed by atoms with Crippen LogP contribution in [0.5, 0.6) is 0 Å². The molecular weight excluding hydrogens is 252 g/mol. The summed E-state index contributed by atoms with van der Waals surface area (Å²) in [7, 11) is 4.20. The molecule has 0 aliphatic heterocycles. The first-order valence-corrected chi connectivity index (χ1v) is 7.42. The van der Waals surface area contributed by atoms with Crippen LogP contribution in [0.15, 0.2) is 6.07 Å². The Hall–Kier alpha value is -1.36. The van der Waals surface area contributed by atoms with E-state index in [1.54, 1.807) is 0 Å². The fourth-order valence-electron chi connectivity index (χ4n) is 2.94. The molecule has 20 heavy (non-hydrogen) atoms. The highest BCUT2D eigenvalue weighted by Crippen LogP contribution is 2.22. The molecule has 2 rings (SSSR count). The van der Waals surface area contributed by atoms with Gasteiger partial charge < -0.3 is 10.2 Å². The van der Waals surface area contributed by atoms with Crippen LogP contribution in [0, 0.1) is 6.92 Å². The Bertz CT molecular complexity index is 478. The summed E-state index contributed by atoms with van der Waals surface area (Å²) in [6.45, 7) is 6.13. The Morgan fingerprint density at radius 2 is 2.15 bits per heavy atom. The van der Waals surface area contributed by atoms with Gasteiger partial charge in [0.05, 0.1) is 0 Å². The van der Waals surface area contributed by atoms with E-state index in [0.717, 1.165) is 25.0 Å². The number of nitrogens with zero attached hydrogens (tertiary/aromatic N) is 3. The number of nitrogens with one attached hydrogen (secondary N) is 1. The largest absolute Gasteiger partial charge is 0.348 e. The molecule has 1 aromatic heterocycles. The van der Waals surface area contributed by atoms with Gasteiger partial charge in [0.2, 0.25) is 0 Å². The van der Waals surface area contributed by atoms with Gasteiger partial charge in [-0.2, -0.15) is 5.10 Å². The standard InChI is InChI=1S/C15H26N4O/c1-10(2)19-11(3)8-14(17-19)15(20)16-12-6-7-13(9-12)18(4)5/h8,10,12-13H,6-7,9H2,1-5H3,(H,16,20)/t12-,13+/m1/s1. The maximum Gasteiger partial charge on any atom is 0.272 e. The molecular formula is C15H26N4O. The fourth-order valence-corrected chi connectivity index (χ4v) is 2.94. The maximum absolute atomic E-state index is 12.3. The van der Waals surface area contributed by atoms with E-state index >= 15 is 0 Å². The lowest BCUT2D eigenvalue weighted by molar-refractivity contribution is 0.0930. The number of carbonyl (C=O) groups is 1. The second kappa shape index (κ2) is 5.95. The molecule has 1 amide bonds. The Morgan fingerprint density at radius 1 is 1.45 bits per heavy atom. The predicted molar refractivity (Wildman–Crippen MR) is 79.9 cm³/mol. The third-order valence-electron chi connectivity index (χ3n) is 4.11. The lowest BCUT2D eigenvalue weighted by Gasteiger charge is -2.19. The minimum absolute atomic E-state index is 0.0445. The summed E-state index contributed by atoms with van der Waals surface area (Å²) in [5, 5.41) is 7.52. The molecule has 1 fully saturated rings. The van der Waals surface area contributed by atoms with Crippen molar-refractivity contribution in [3.8, 4) is 0 Å². The molecule has 2 atom stereocenters.